The van der Waals surface area contributed by atoms with Gasteiger partial charge >= 0.3 is 0 Å². The van der Waals surface area contributed by atoms with Gasteiger partial charge in [-0.3, -0.25) is 4.79 Å². The molecule has 1 aliphatic carbocycles. The van der Waals surface area contributed by atoms with Crippen molar-refractivity contribution in [3.8, 4) is 0 Å². The molecular weight excluding hydrogens is 220 g/mol. The van der Waals surface area contributed by atoms with Gasteiger partial charge in [-0.1, -0.05) is 0 Å². The van der Waals surface area contributed by atoms with Crippen LogP contribution in [-0.4, -0.2) is 50.0 Å². The van der Waals surface area contributed by atoms with Crippen LogP contribution in [0.5, 0.6) is 0 Å². The first kappa shape index (κ1) is 12.8. The van der Waals surface area contributed by atoms with E-state index in [-0.39, 0.29) is 24.2 Å². The SMILES string of the molecule is CC1(C)CNCC(COCC(=O)NC2CC2)O1. The summed E-state index contributed by atoms with van der Waals surface area (Å²) < 4.78 is 11.2. The van der Waals surface area contributed by atoms with Crippen molar-refractivity contribution in [2.45, 2.75) is 44.4 Å². The zero-order chi connectivity index (χ0) is 12.3. The van der Waals surface area contributed by atoms with Gasteiger partial charge in [0.2, 0.25) is 5.91 Å². The van der Waals surface area contributed by atoms with E-state index in [2.05, 4.69) is 10.6 Å². The van der Waals surface area contributed by atoms with Crippen LogP contribution in [0.3, 0.4) is 0 Å². The molecule has 5 heteroatoms. The van der Waals surface area contributed by atoms with Crippen LogP contribution in [-0.2, 0) is 14.3 Å². The minimum atomic E-state index is -0.150. The fraction of sp³-hybridized carbons (Fsp3) is 0.917. The summed E-state index contributed by atoms with van der Waals surface area (Å²) in [5.74, 6) is -0.0180. The van der Waals surface area contributed by atoms with E-state index in [0.29, 0.717) is 12.6 Å². The third kappa shape index (κ3) is 4.61. The Balaban J connectivity index is 1.59. The predicted molar refractivity (Wildman–Crippen MR) is 63.8 cm³/mol. The van der Waals surface area contributed by atoms with Crippen molar-refractivity contribution in [2.24, 2.45) is 0 Å². The number of hydrogen-bond donors (Lipinski definition) is 2. The highest BCUT2D eigenvalue weighted by Gasteiger charge is 2.28. The Morgan fingerprint density at radius 3 is 2.94 bits per heavy atom. The van der Waals surface area contributed by atoms with Crippen LogP contribution >= 0.6 is 0 Å². The Morgan fingerprint density at radius 1 is 1.53 bits per heavy atom. The van der Waals surface area contributed by atoms with Crippen molar-refractivity contribution < 1.29 is 14.3 Å². The van der Waals surface area contributed by atoms with E-state index in [1.165, 1.54) is 0 Å². The van der Waals surface area contributed by atoms with Gasteiger partial charge < -0.3 is 20.1 Å². The van der Waals surface area contributed by atoms with E-state index in [1.54, 1.807) is 0 Å². The maximum absolute atomic E-state index is 11.4. The molecule has 1 aliphatic heterocycles. The molecule has 2 rings (SSSR count). The molecule has 0 aromatic heterocycles. The monoisotopic (exact) mass is 242 g/mol. The normalized spacial score (nSPS) is 27.8. The van der Waals surface area contributed by atoms with Crippen LogP contribution < -0.4 is 10.6 Å². The van der Waals surface area contributed by atoms with Crippen LogP contribution in [0.2, 0.25) is 0 Å². The van der Waals surface area contributed by atoms with Crippen LogP contribution in [0, 0.1) is 0 Å². The lowest BCUT2D eigenvalue weighted by atomic mass is 10.1. The molecular formula is C12H22N2O3. The maximum Gasteiger partial charge on any atom is 0.246 e. The van der Waals surface area contributed by atoms with Crippen LogP contribution in [0.1, 0.15) is 26.7 Å². The number of carbonyl (C=O) groups is 1. The number of nitrogens with one attached hydrogen (secondary N) is 2. The first-order valence-corrected chi connectivity index (χ1v) is 6.31. The highest BCUT2D eigenvalue weighted by Crippen LogP contribution is 2.18. The largest absolute Gasteiger partial charge is 0.369 e. The fourth-order valence-corrected chi connectivity index (χ4v) is 1.94. The van der Waals surface area contributed by atoms with Gasteiger partial charge in [0.05, 0.1) is 18.3 Å². The van der Waals surface area contributed by atoms with E-state index in [4.69, 9.17) is 9.47 Å². The predicted octanol–water partition coefficient (Wildman–Crippen LogP) is 0.0486. The highest BCUT2D eigenvalue weighted by atomic mass is 16.5. The zero-order valence-corrected chi connectivity index (χ0v) is 10.6. The summed E-state index contributed by atoms with van der Waals surface area (Å²) in [5, 5.41) is 6.19. The summed E-state index contributed by atoms with van der Waals surface area (Å²) in [7, 11) is 0. The molecule has 1 saturated carbocycles. The second-order valence-electron chi connectivity index (χ2n) is 5.49. The van der Waals surface area contributed by atoms with Gasteiger partial charge in [0.25, 0.3) is 0 Å². The van der Waals surface area contributed by atoms with Crippen molar-refractivity contribution >= 4 is 5.91 Å². The average molecular weight is 242 g/mol. The van der Waals surface area contributed by atoms with Gasteiger partial charge in [-0.25, -0.2) is 0 Å². The molecule has 0 aromatic rings. The topological polar surface area (TPSA) is 59.6 Å². The molecule has 0 radical (unpaired) electrons. The second kappa shape index (κ2) is 5.33. The van der Waals surface area contributed by atoms with Crippen molar-refractivity contribution in [3.63, 3.8) is 0 Å². The van der Waals surface area contributed by atoms with Gasteiger partial charge in [0.15, 0.2) is 0 Å². The molecule has 1 amide bonds. The molecule has 0 spiro atoms. The van der Waals surface area contributed by atoms with Gasteiger partial charge in [-0.2, -0.15) is 0 Å². The van der Waals surface area contributed by atoms with Crippen LogP contribution in [0.15, 0.2) is 0 Å². The summed E-state index contributed by atoms with van der Waals surface area (Å²) >= 11 is 0. The number of ether oxygens (including phenoxy) is 2. The summed E-state index contributed by atoms with van der Waals surface area (Å²) in [6.45, 7) is 6.34. The first-order valence-electron chi connectivity index (χ1n) is 6.31. The van der Waals surface area contributed by atoms with Crippen LogP contribution in [0.4, 0.5) is 0 Å². The minimum absolute atomic E-state index is 0.0180. The van der Waals surface area contributed by atoms with Gasteiger partial charge in [-0.15, -0.1) is 0 Å². The fourth-order valence-electron chi connectivity index (χ4n) is 1.94. The number of amides is 1. The lowest BCUT2D eigenvalue weighted by Crippen LogP contribution is -2.52. The summed E-state index contributed by atoms with van der Waals surface area (Å²) in [5.41, 5.74) is -0.150. The average Bonchev–Trinajstić information content (AvgIpc) is 3.00. The van der Waals surface area contributed by atoms with E-state index >= 15 is 0 Å². The second-order valence-corrected chi connectivity index (χ2v) is 5.49. The lowest BCUT2D eigenvalue weighted by molar-refractivity contribution is -0.135. The zero-order valence-electron chi connectivity index (χ0n) is 10.6. The van der Waals surface area contributed by atoms with Gasteiger partial charge in [-0.05, 0) is 26.7 Å². The van der Waals surface area contributed by atoms with E-state index < -0.39 is 0 Å². The smallest absolute Gasteiger partial charge is 0.246 e. The lowest BCUT2D eigenvalue weighted by Gasteiger charge is -2.36. The highest BCUT2D eigenvalue weighted by molar-refractivity contribution is 5.77. The quantitative estimate of drug-likeness (QED) is 0.715. The molecule has 2 aliphatic rings. The summed E-state index contributed by atoms with van der Waals surface area (Å²) in [6.07, 6.45) is 2.25. The Morgan fingerprint density at radius 2 is 2.29 bits per heavy atom. The molecule has 0 bridgehead atoms. The van der Waals surface area contributed by atoms with Crippen molar-refractivity contribution in [1.82, 2.24) is 10.6 Å². The number of hydrogen-bond acceptors (Lipinski definition) is 4. The minimum Gasteiger partial charge on any atom is -0.369 e. The van der Waals surface area contributed by atoms with E-state index in [9.17, 15) is 4.79 Å². The van der Waals surface area contributed by atoms with Crippen molar-refractivity contribution in [3.05, 3.63) is 0 Å². The Hall–Kier alpha value is -0.650. The summed E-state index contributed by atoms with van der Waals surface area (Å²) in [6, 6.07) is 0.401. The Kier molecular flexibility index (Phi) is 4.01. The van der Waals surface area contributed by atoms with Crippen LogP contribution in [0.25, 0.3) is 0 Å². The molecule has 5 nitrogen and oxygen atoms in total. The standard InChI is InChI=1S/C12H22N2O3/c1-12(2)8-13-5-10(17-12)6-16-7-11(15)14-9-3-4-9/h9-10,13H,3-8H2,1-2H3,(H,14,15). The summed E-state index contributed by atoms with van der Waals surface area (Å²) in [4.78, 5) is 11.4. The molecule has 1 atom stereocenters. The molecule has 2 N–H and O–H groups in total. The van der Waals surface area contributed by atoms with Gasteiger partial charge in [0, 0.05) is 19.1 Å². The van der Waals surface area contributed by atoms with Gasteiger partial charge in [0.1, 0.15) is 6.61 Å². The third-order valence-electron chi connectivity index (χ3n) is 2.89. The molecule has 1 saturated heterocycles. The number of rotatable bonds is 5. The Labute approximate surface area is 102 Å². The van der Waals surface area contributed by atoms with E-state index in [0.717, 1.165) is 25.9 Å². The van der Waals surface area contributed by atoms with E-state index in [1.807, 2.05) is 13.8 Å². The van der Waals surface area contributed by atoms with Crippen molar-refractivity contribution in [2.75, 3.05) is 26.3 Å². The Bertz CT molecular complexity index is 277. The molecule has 17 heavy (non-hydrogen) atoms. The maximum atomic E-state index is 11.4. The molecule has 2 fully saturated rings. The molecule has 1 unspecified atom stereocenters. The molecule has 1 heterocycles. The third-order valence-corrected chi connectivity index (χ3v) is 2.89. The number of morpholine rings is 1. The molecule has 0 aromatic carbocycles. The van der Waals surface area contributed by atoms with Crippen molar-refractivity contribution in [1.29, 1.82) is 0 Å². The number of carbonyl (C=O) groups excluding carboxylic acids is 1. The first-order chi connectivity index (χ1) is 8.05. The molecule has 98 valence electrons.